The molecule has 0 saturated carbocycles. The van der Waals surface area contributed by atoms with Crippen LogP contribution < -0.4 is 0 Å². The van der Waals surface area contributed by atoms with Gasteiger partial charge in [-0.2, -0.15) is 0 Å². The van der Waals surface area contributed by atoms with Crippen LogP contribution in [0.1, 0.15) is 331 Å². The van der Waals surface area contributed by atoms with Crippen molar-refractivity contribution in [2.45, 2.75) is 349 Å². The van der Waals surface area contributed by atoms with E-state index in [0.29, 0.717) is 37.5 Å². The van der Waals surface area contributed by atoms with Gasteiger partial charge in [-0.15, -0.1) is 0 Å². The molecular formula is C67H130O17P2. The fourth-order valence-corrected chi connectivity index (χ4v) is 11.6. The number of phosphoric acid groups is 2. The zero-order valence-corrected chi connectivity index (χ0v) is 57.6. The molecule has 0 fully saturated rings. The van der Waals surface area contributed by atoms with E-state index in [-0.39, 0.29) is 25.7 Å². The Morgan fingerprint density at radius 2 is 0.535 bits per heavy atom. The highest BCUT2D eigenvalue weighted by molar-refractivity contribution is 7.47. The maximum atomic E-state index is 13.0. The lowest BCUT2D eigenvalue weighted by Crippen LogP contribution is -2.30. The summed E-state index contributed by atoms with van der Waals surface area (Å²) >= 11 is 0. The fraction of sp³-hybridized carbons (Fsp3) is 0.940. The van der Waals surface area contributed by atoms with Gasteiger partial charge < -0.3 is 33.8 Å². The molecule has 2 unspecified atom stereocenters. The molecule has 0 aliphatic carbocycles. The lowest BCUT2D eigenvalue weighted by Gasteiger charge is -2.21. The molecule has 0 amide bonds. The van der Waals surface area contributed by atoms with E-state index in [1.807, 2.05) is 0 Å². The minimum absolute atomic E-state index is 0.102. The molecular weight excluding hydrogens is 1140 g/mol. The molecule has 0 radical (unpaired) electrons. The molecule has 5 atom stereocenters. The second-order valence-electron chi connectivity index (χ2n) is 25.6. The second kappa shape index (κ2) is 58.2. The summed E-state index contributed by atoms with van der Waals surface area (Å²) in [5, 5.41) is 10.5. The van der Waals surface area contributed by atoms with Gasteiger partial charge in [0.15, 0.2) is 12.2 Å². The van der Waals surface area contributed by atoms with Gasteiger partial charge in [-0.25, -0.2) is 9.13 Å². The molecule has 510 valence electrons. The number of carbonyl (C=O) groups is 4. The zero-order valence-electron chi connectivity index (χ0n) is 55.8. The molecule has 0 heterocycles. The maximum Gasteiger partial charge on any atom is 0.472 e. The standard InChI is InChI=1S/C67H130O17P2/c1-8-9-10-31-41-48-64(69)77-54-62(83-67(72)51-44-37-30-24-27-34-40-47-60(6)7)56-81-85(73,74)79-52-61(68)53-80-86(75,76)82-57-63(55-78-65(70)49-42-35-29-23-26-33-39-46-59(4)5)84-66(71)50-43-36-28-22-20-18-16-14-12-11-13-15-17-19-21-25-32-38-45-58(2)3/h58-63,68H,8-57H2,1-7H3,(H,73,74)(H,75,76)/t61-,62+,63+/m0/s1. The van der Waals surface area contributed by atoms with Crippen molar-refractivity contribution in [3.05, 3.63) is 0 Å². The Balaban J connectivity index is 5.08. The maximum absolute atomic E-state index is 13.0. The Labute approximate surface area is 524 Å². The minimum Gasteiger partial charge on any atom is -0.462 e. The van der Waals surface area contributed by atoms with Crippen molar-refractivity contribution in [3.8, 4) is 0 Å². The van der Waals surface area contributed by atoms with Crippen molar-refractivity contribution in [1.29, 1.82) is 0 Å². The Hall–Kier alpha value is -1.94. The molecule has 86 heavy (non-hydrogen) atoms. The molecule has 0 aromatic heterocycles. The van der Waals surface area contributed by atoms with E-state index in [0.717, 1.165) is 109 Å². The number of aliphatic hydroxyl groups excluding tert-OH is 1. The van der Waals surface area contributed by atoms with Crippen LogP contribution in [0.4, 0.5) is 0 Å². The van der Waals surface area contributed by atoms with Crippen LogP contribution in [0.5, 0.6) is 0 Å². The number of hydrogen-bond donors (Lipinski definition) is 3. The highest BCUT2D eigenvalue weighted by atomic mass is 31.2. The highest BCUT2D eigenvalue weighted by Crippen LogP contribution is 2.45. The van der Waals surface area contributed by atoms with Gasteiger partial charge in [-0.3, -0.25) is 37.3 Å². The predicted molar refractivity (Wildman–Crippen MR) is 344 cm³/mol. The van der Waals surface area contributed by atoms with Gasteiger partial charge in [-0.1, -0.05) is 280 Å². The average Bonchev–Trinajstić information content (AvgIpc) is 3.52. The molecule has 0 bridgehead atoms. The largest absolute Gasteiger partial charge is 0.472 e. The number of aliphatic hydroxyl groups is 1. The zero-order chi connectivity index (χ0) is 63.8. The molecule has 0 spiro atoms. The van der Waals surface area contributed by atoms with Gasteiger partial charge in [0.05, 0.1) is 26.4 Å². The van der Waals surface area contributed by atoms with Crippen LogP contribution in [0, 0.1) is 17.8 Å². The number of carbonyl (C=O) groups excluding carboxylic acids is 4. The topological polar surface area (TPSA) is 237 Å². The smallest absolute Gasteiger partial charge is 0.462 e. The molecule has 19 heteroatoms. The molecule has 0 aliphatic heterocycles. The number of phosphoric ester groups is 2. The van der Waals surface area contributed by atoms with Crippen LogP contribution in [-0.4, -0.2) is 96.7 Å². The molecule has 3 N–H and O–H groups in total. The Morgan fingerprint density at radius 1 is 0.314 bits per heavy atom. The first-order chi connectivity index (χ1) is 41.2. The van der Waals surface area contributed by atoms with Crippen LogP contribution in [0.2, 0.25) is 0 Å². The summed E-state index contributed by atoms with van der Waals surface area (Å²) in [6.45, 7) is 11.6. The van der Waals surface area contributed by atoms with E-state index in [2.05, 4.69) is 48.5 Å². The minimum atomic E-state index is -4.95. The van der Waals surface area contributed by atoms with Gasteiger partial charge >= 0.3 is 39.5 Å². The van der Waals surface area contributed by atoms with Crippen molar-refractivity contribution >= 4 is 39.5 Å². The monoisotopic (exact) mass is 1270 g/mol. The first-order valence-corrected chi connectivity index (χ1v) is 37.8. The van der Waals surface area contributed by atoms with Crippen LogP contribution in [-0.2, 0) is 65.4 Å². The van der Waals surface area contributed by atoms with Crippen molar-refractivity contribution in [2.24, 2.45) is 17.8 Å². The lowest BCUT2D eigenvalue weighted by molar-refractivity contribution is -0.161. The Kier molecular flexibility index (Phi) is 56.9. The van der Waals surface area contributed by atoms with Gasteiger partial charge in [0.1, 0.15) is 19.3 Å². The van der Waals surface area contributed by atoms with E-state index in [4.69, 9.17) is 37.0 Å². The van der Waals surface area contributed by atoms with E-state index < -0.39 is 97.5 Å². The predicted octanol–water partition coefficient (Wildman–Crippen LogP) is 18.7. The number of unbranched alkanes of at least 4 members (excludes halogenated alkanes) is 33. The van der Waals surface area contributed by atoms with Crippen molar-refractivity contribution in [2.75, 3.05) is 39.6 Å². The van der Waals surface area contributed by atoms with Crippen molar-refractivity contribution < 1.29 is 80.2 Å². The number of rotatable bonds is 65. The van der Waals surface area contributed by atoms with E-state index in [1.165, 1.54) is 128 Å². The SMILES string of the molecule is CCCCCCCC(=O)OC[C@H](COP(=O)(O)OC[C@H](O)COP(=O)(O)OC[C@@H](COC(=O)CCCCCCCCCC(C)C)OC(=O)CCCCCCCCCCCCCCCCCCCCC(C)C)OC(=O)CCCCCCCCCC(C)C. The summed E-state index contributed by atoms with van der Waals surface area (Å²) in [5.74, 6) is 0.0753. The van der Waals surface area contributed by atoms with Crippen LogP contribution >= 0.6 is 15.6 Å². The fourth-order valence-electron chi connectivity index (χ4n) is 10.0. The summed E-state index contributed by atoms with van der Waals surface area (Å²) in [5.41, 5.74) is 0. The third kappa shape index (κ3) is 60.9. The molecule has 0 aromatic carbocycles. The summed E-state index contributed by atoms with van der Waals surface area (Å²) in [6, 6.07) is 0. The van der Waals surface area contributed by atoms with Crippen LogP contribution in [0.3, 0.4) is 0 Å². The normalized spacial score (nSPS) is 14.3. The van der Waals surface area contributed by atoms with Crippen molar-refractivity contribution in [3.63, 3.8) is 0 Å². The Bertz CT molecular complexity index is 1700. The summed E-state index contributed by atoms with van der Waals surface area (Å²) < 4.78 is 67.8. The molecule has 0 aromatic rings. The third-order valence-corrected chi connectivity index (χ3v) is 17.3. The quantitative estimate of drug-likeness (QED) is 0.0222. The second-order valence-corrected chi connectivity index (χ2v) is 28.5. The van der Waals surface area contributed by atoms with E-state index in [1.54, 1.807) is 0 Å². The third-order valence-electron chi connectivity index (χ3n) is 15.4. The van der Waals surface area contributed by atoms with Crippen LogP contribution in [0.25, 0.3) is 0 Å². The summed E-state index contributed by atoms with van der Waals surface area (Å²) in [7, 11) is -9.88. The lowest BCUT2D eigenvalue weighted by atomic mass is 10.0. The van der Waals surface area contributed by atoms with Gasteiger partial charge in [0.25, 0.3) is 0 Å². The number of esters is 4. The van der Waals surface area contributed by atoms with Gasteiger partial charge in [-0.05, 0) is 43.4 Å². The average molecular weight is 1270 g/mol. The Morgan fingerprint density at radius 3 is 0.791 bits per heavy atom. The first kappa shape index (κ1) is 84.1. The van der Waals surface area contributed by atoms with Gasteiger partial charge in [0, 0.05) is 25.7 Å². The molecule has 0 rings (SSSR count). The van der Waals surface area contributed by atoms with Gasteiger partial charge in [0.2, 0.25) is 0 Å². The highest BCUT2D eigenvalue weighted by Gasteiger charge is 2.30. The van der Waals surface area contributed by atoms with Crippen LogP contribution in [0.15, 0.2) is 0 Å². The molecule has 0 aliphatic rings. The first-order valence-electron chi connectivity index (χ1n) is 34.8. The number of ether oxygens (including phenoxy) is 4. The summed E-state index contributed by atoms with van der Waals surface area (Å²) in [4.78, 5) is 72.0. The van der Waals surface area contributed by atoms with Crippen molar-refractivity contribution in [1.82, 2.24) is 0 Å². The van der Waals surface area contributed by atoms with E-state index >= 15 is 0 Å². The van der Waals surface area contributed by atoms with E-state index in [9.17, 15) is 43.2 Å². The molecule has 0 saturated heterocycles. The summed E-state index contributed by atoms with van der Waals surface area (Å²) in [6.07, 6.45) is 41.1. The number of hydrogen-bond acceptors (Lipinski definition) is 15. The molecule has 17 nitrogen and oxygen atoms in total.